The molecule has 1 heterocycles. The summed E-state index contributed by atoms with van der Waals surface area (Å²) in [6, 6.07) is 18.1. The van der Waals surface area contributed by atoms with Crippen LogP contribution in [0.1, 0.15) is 18.0 Å². The van der Waals surface area contributed by atoms with Crippen molar-refractivity contribution in [2.24, 2.45) is 5.73 Å². The average Bonchev–Trinajstić information content (AvgIpc) is 2.91. The molecule has 1 aromatic heterocycles. The van der Waals surface area contributed by atoms with Gasteiger partial charge in [-0.1, -0.05) is 48.5 Å². The Morgan fingerprint density at radius 3 is 2.65 bits per heavy atom. The van der Waals surface area contributed by atoms with Crippen molar-refractivity contribution >= 4 is 11.0 Å². The van der Waals surface area contributed by atoms with Crippen LogP contribution in [0.2, 0.25) is 0 Å². The Labute approximate surface area is 118 Å². The van der Waals surface area contributed by atoms with Gasteiger partial charge in [0.15, 0.2) is 0 Å². The van der Waals surface area contributed by atoms with Gasteiger partial charge in [-0.05, 0) is 24.1 Å². The number of para-hydroxylation sites is 1. The molecule has 0 saturated carbocycles. The second kappa shape index (κ2) is 5.35. The van der Waals surface area contributed by atoms with Crippen molar-refractivity contribution in [2.75, 3.05) is 0 Å². The second-order valence-electron chi connectivity index (χ2n) is 4.87. The maximum absolute atomic E-state index is 6.22. The Hall–Kier alpha value is -2.32. The number of benzene rings is 2. The fourth-order valence-electron chi connectivity index (χ4n) is 2.47. The lowest BCUT2D eigenvalue weighted by Gasteiger charge is -2.13. The zero-order chi connectivity index (χ0) is 13.9. The van der Waals surface area contributed by atoms with Gasteiger partial charge in [0, 0.05) is 17.0 Å². The van der Waals surface area contributed by atoms with E-state index in [0.717, 1.165) is 34.3 Å². The highest BCUT2D eigenvalue weighted by molar-refractivity contribution is 5.83. The summed E-state index contributed by atoms with van der Waals surface area (Å²) in [6.07, 6.45) is 2.59. The van der Waals surface area contributed by atoms with Crippen LogP contribution in [0.15, 0.2) is 71.7 Å². The van der Waals surface area contributed by atoms with Gasteiger partial charge in [-0.2, -0.15) is 0 Å². The van der Waals surface area contributed by atoms with Gasteiger partial charge in [0.1, 0.15) is 11.3 Å². The lowest BCUT2D eigenvalue weighted by molar-refractivity contribution is 0.628. The maximum atomic E-state index is 6.22. The third-order valence-corrected chi connectivity index (χ3v) is 3.47. The van der Waals surface area contributed by atoms with E-state index in [4.69, 9.17) is 10.2 Å². The molecule has 0 radical (unpaired) electrons. The van der Waals surface area contributed by atoms with E-state index in [-0.39, 0.29) is 6.04 Å². The third kappa shape index (κ3) is 2.26. The first-order chi connectivity index (χ1) is 9.79. The van der Waals surface area contributed by atoms with Gasteiger partial charge >= 0.3 is 0 Å². The molecule has 2 nitrogen and oxygen atoms in total. The van der Waals surface area contributed by atoms with Crippen molar-refractivity contribution in [1.82, 2.24) is 0 Å². The molecule has 3 rings (SSSR count). The summed E-state index contributed by atoms with van der Waals surface area (Å²) in [6.45, 7) is 3.76. The van der Waals surface area contributed by atoms with Crippen LogP contribution in [-0.4, -0.2) is 0 Å². The molecule has 1 atom stereocenters. The van der Waals surface area contributed by atoms with Crippen LogP contribution in [0, 0.1) is 0 Å². The topological polar surface area (TPSA) is 39.2 Å². The van der Waals surface area contributed by atoms with Crippen LogP contribution >= 0.6 is 0 Å². The zero-order valence-electron chi connectivity index (χ0n) is 11.3. The molecular formula is C18H17NO. The summed E-state index contributed by atoms with van der Waals surface area (Å²) < 4.78 is 5.94. The van der Waals surface area contributed by atoms with Crippen LogP contribution < -0.4 is 5.73 Å². The molecule has 0 bridgehead atoms. The molecule has 0 amide bonds. The van der Waals surface area contributed by atoms with E-state index in [9.17, 15) is 0 Å². The predicted octanol–water partition coefficient (Wildman–Crippen LogP) is 4.68. The van der Waals surface area contributed by atoms with E-state index < -0.39 is 0 Å². The first-order valence-electron chi connectivity index (χ1n) is 6.74. The van der Waals surface area contributed by atoms with Gasteiger partial charge in [0.05, 0.1) is 0 Å². The Morgan fingerprint density at radius 2 is 1.85 bits per heavy atom. The molecule has 0 aliphatic carbocycles. The molecule has 2 aromatic carbocycles. The highest BCUT2D eigenvalue weighted by Gasteiger charge is 2.14. The van der Waals surface area contributed by atoms with Gasteiger partial charge < -0.3 is 10.2 Å². The number of rotatable bonds is 4. The number of furan rings is 1. The third-order valence-electron chi connectivity index (χ3n) is 3.47. The van der Waals surface area contributed by atoms with Gasteiger partial charge in [0.25, 0.3) is 0 Å². The predicted molar refractivity (Wildman–Crippen MR) is 83.4 cm³/mol. The standard InChI is InChI=1S/C18H17NO/c1-2-7-16(19)14-9-4-5-10-15(14)18-12-13-8-3-6-11-17(13)20-18/h2-6,8-12,16H,1,7,19H2. The van der Waals surface area contributed by atoms with Crippen molar-refractivity contribution in [2.45, 2.75) is 12.5 Å². The molecule has 0 aliphatic rings. The molecule has 3 aromatic rings. The van der Waals surface area contributed by atoms with Crippen molar-refractivity contribution in [3.8, 4) is 11.3 Å². The summed E-state index contributed by atoms with van der Waals surface area (Å²) >= 11 is 0. The van der Waals surface area contributed by atoms with Crippen LogP contribution in [0.4, 0.5) is 0 Å². The minimum Gasteiger partial charge on any atom is -0.456 e. The molecule has 0 spiro atoms. The van der Waals surface area contributed by atoms with Crippen molar-refractivity contribution in [3.05, 3.63) is 72.8 Å². The minimum absolute atomic E-state index is 0.0584. The Morgan fingerprint density at radius 1 is 1.10 bits per heavy atom. The van der Waals surface area contributed by atoms with Crippen LogP contribution in [0.3, 0.4) is 0 Å². The number of fused-ring (bicyclic) bond motifs is 1. The average molecular weight is 263 g/mol. The van der Waals surface area contributed by atoms with Crippen LogP contribution in [-0.2, 0) is 0 Å². The van der Waals surface area contributed by atoms with E-state index >= 15 is 0 Å². The molecule has 1 unspecified atom stereocenters. The van der Waals surface area contributed by atoms with Crippen molar-refractivity contribution in [1.29, 1.82) is 0 Å². The fourth-order valence-corrected chi connectivity index (χ4v) is 2.47. The van der Waals surface area contributed by atoms with Gasteiger partial charge in [-0.15, -0.1) is 6.58 Å². The SMILES string of the molecule is C=CCC(N)c1ccccc1-c1cc2ccccc2o1. The Balaban J connectivity index is 2.11. The van der Waals surface area contributed by atoms with Gasteiger partial charge in [-0.3, -0.25) is 0 Å². The Bertz CT molecular complexity index is 709. The normalized spacial score (nSPS) is 12.4. The van der Waals surface area contributed by atoms with E-state index in [1.54, 1.807) is 0 Å². The monoisotopic (exact) mass is 263 g/mol. The zero-order valence-corrected chi connectivity index (χ0v) is 11.3. The molecule has 2 N–H and O–H groups in total. The number of hydrogen-bond donors (Lipinski definition) is 1. The van der Waals surface area contributed by atoms with E-state index in [0.29, 0.717) is 0 Å². The first kappa shape index (κ1) is 12.7. The lowest BCUT2D eigenvalue weighted by Crippen LogP contribution is -2.10. The molecule has 0 saturated heterocycles. The summed E-state index contributed by atoms with van der Waals surface area (Å²) in [5.74, 6) is 0.862. The molecule has 20 heavy (non-hydrogen) atoms. The maximum Gasteiger partial charge on any atom is 0.135 e. The lowest BCUT2D eigenvalue weighted by atomic mass is 9.97. The smallest absolute Gasteiger partial charge is 0.135 e. The van der Waals surface area contributed by atoms with E-state index in [2.05, 4.69) is 30.8 Å². The van der Waals surface area contributed by atoms with E-state index in [1.165, 1.54) is 0 Å². The molecule has 2 heteroatoms. The van der Waals surface area contributed by atoms with Crippen LogP contribution in [0.5, 0.6) is 0 Å². The number of nitrogens with two attached hydrogens (primary N) is 1. The van der Waals surface area contributed by atoms with Crippen molar-refractivity contribution < 1.29 is 4.42 Å². The summed E-state index contributed by atoms with van der Waals surface area (Å²) in [4.78, 5) is 0. The minimum atomic E-state index is -0.0584. The highest BCUT2D eigenvalue weighted by Crippen LogP contribution is 2.32. The van der Waals surface area contributed by atoms with Crippen LogP contribution in [0.25, 0.3) is 22.3 Å². The van der Waals surface area contributed by atoms with Crippen molar-refractivity contribution in [3.63, 3.8) is 0 Å². The molecule has 0 fully saturated rings. The quantitative estimate of drug-likeness (QED) is 0.694. The summed E-state index contributed by atoms with van der Waals surface area (Å²) in [7, 11) is 0. The highest BCUT2D eigenvalue weighted by atomic mass is 16.3. The summed E-state index contributed by atoms with van der Waals surface area (Å²) in [5.41, 5.74) is 9.27. The largest absolute Gasteiger partial charge is 0.456 e. The second-order valence-corrected chi connectivity index (χ2v) is 4.87. The summed E-state index contributed by atoms with van der Waals surface area (Å²) in [5, 5.41) is 1.11. The van der Waals surface area contributed by atoms with E-state index in [1.807, 2.05) is 36.4 Å². The first-order valence-corrected chi connectivity index (χ1v) is 6.74. The molecule has 100 valence electrons. The molecular weight excluding hydrogens is 246 g/mol. The number of hydrogen-bond acceptors (Lipinski definition) is 2. The Kier molecular flexibility index (Phi) is 3.40. The fraction of sp³-hybridized carbons (Fsp3) is 0.111. The van der Waals surface area contributed by atoms with Gasteiger partial charge in [-0.25, -0.2) is 0 Å². The molecule has 0 aliphatic heterocycles. The van der Waals surface area contributed by atoms with Gasteiger partial charge in [0.2, 0.25) is 0 Å².